The molecule has 0 spiro atoms. The van der Waals surface area contributed by atoms with Gasteiger partial charge in [0.2, 0.25) is 0 Å². The first-order valence-corrected chi connectivity index (χ1v) is 6.49. The van der Waals surface area contributed by atoms with Crippen molar-refractivity contribution in [3.63, 3.8) is 0 Å². The molecule has 0 radical (unpaired) electrons. The third kappa shape index (κ3) is 1.93. The largest absolute Gasteiger partial charge is 0.322 e. The van der Waals surface area contributed by atoms with Crippen molar-refractivity contribution in [3.05, 3.63) is 29.8 Å². The molecule has 4 nitrogen and oxygen atoms in total. The van der Waals surface area contributed by atoms with E-state index in [1.54, 1.807) is 0 Å². The molecule has 1 saturated carbocycles. The van der Waals surface area contributed by atoms with Crippen LogP contribution in [0, 0.1) is 5.92 Å². The van der Waals surface area contributed by atoms with Crippen molar-refractivity contribution >= 4 is 17.3 Å². The standard InChI is InChI=1S/C14H17N3O/c15-13-14(18)16-11-8-4-3-7-10(11)12(17-13)9-5-1-2-6-9/h3-4,7-9,13H,1-2,5-6,15H2,(H,16,18)/t13-/m0/s1. The lowest BCUT2D eigenvalue weighted by molar-refractivity contribution is -0.117. The van der Waals surface area contributed by atoms with Gasteiger partial charge in [0.25, 0.3) is 5.91 Å². The van der Waals surface area contributed by atoms with Gasteiger partial charge in [-0.1, -0.05) is 31.0 Å². The highest BCUT2D eigenvalue weighted by Gasteiger charge is 2.28. The summed E-state index contributed by atoms with van der Waals surface area (Å²) in [7, 11) is 0. The Hall–Kier alpha value is -1.68. The Morgan fingerprint density at radius 1 is 1.22 bits per heavy atom. The van der Waals surface area contributed by atoms with Gasteiger partial charge >= 0.3 is 0 Å². The molecule has 1 amide bonds. The average Bonchev–Trinajstić information content (AvgIpc) is 2.86. The Morgan fingerprint density at radius 3 is 2.72 bits per heavy atom. The van der Waals surface area contributed by atoms with Crippen molar-refractivity contribution < 1.29 is 4.79 Å². The molecule has 94 valence electrons. The summed E-state index contributed by atoms with van der Waals surface area (Å²) >= 11 is 0. The lowest BCUT2D eigenvalue weighted by atomic mass is 9.94. The van der Waals surface area contributed by atoms with E-state index in [2.05, 4.69) is 10.3 Å². The van der Waals surface area contributed by atoms with Crippen LogP contribution in [0.5, 0.6) is 0 Å². The number of fused-ring (bicyclic) bond motifs is 1. The van der Waals surface area contributed by atoms with E-state index in [1.807, 2.05) is 24.3 Å². The molecule has 1 aliphatic heterocycles. The molecule has 3 rings (SSSR count). The fourth-order valence-electron chi connectivity index (χ4n) is 2.82. The zero-order valence-electron chi connectivity index (χ0n) is 10.2. The first-order chi connectivity index (χ1) is 8.75. The summed E-state index contributed by atoms with van der Waals surface area (Å²) in [5.41, 5.74) is 8.69. The fraction of sp³-hybridized carbons (Fsp3) is 0.429. The smallest absolute Gasteiger partial charge is 0.263 e. The summed E-state index contributed by atoms with van der Waals surface area (Å²) < 4.78 is 0. The molecule has 1 aliphatic carbocycles. The van der Waals surface area contributed by atoms with E-state index in [1.165, 1.54) is 12.8 Å². The molecule has 3 N–H and O–H groups in total. The van der Waals surface area contributed by atoms with Crippen molar-refractivity contribution in [3.8, 4) is 0 Å². The predicted molar refractivity (Wildman–Crippen MR) is 71.5 cm³/mol. The molecule has 0 unspecified atom stereocenters. The average molecular weight is 243 g/mol. The first kappa shape index (κ1) is 11.4. The maximum absolute atomic E-state index is 11.8. The van der Waals surface area contributed by atoms with Crippen molar-refractivity contribution in [1.82, 2.24) is 0 Å². The van der Waals surface area contributed by atoms with E-state index >= 15 is 0 Å². The Morgan fingerprint density at radius 2 is 1.94 bits per heavy atom. The van der Waals surface area contributed by atoms with E-state index in [0.29, 0.717) is 5.92 Å². The Labute approximate surface area is 106 Å². The number of para-hydroxylation sites is 1. The van der Waals surface area contributed by atoms with Gasteiger partial charge in [-0.15, -0.1) is 0 Å². The fourth-order valence-corrected chi connectivity index (χ4v) is 2.82. The minimum atomic E-state index is -0.784. The number of aliphatic imine (C=N–C) groups is 1. The zero-order chi connectivity index (χ0) is 12.5. The SMILES string of the molecule is N[C@H]1N=C(C2CCCC2)c2ccccc2NC1=O. The number of benzene rings is 1. The molecule has 18 heavy (non-hydrogen) atoms. The van der Waals surface area contributed by atoms with Gasteiger partial charge in [0.05, 0.1) is 0 Å². The van der Waals surface area contributed by atoms with Crippen LogP contribution in [-0.2, 0) is 4.79 Å². The van der Waals surface area contributed by atoms with Crippen LogP contribution in [0.15, 0.2) is 29.3 Å². The second-order valence-electron chi connectivity index (χ2n) is 4.98. The molecule has 1 aromatic rings. The van der Waals surface area contributed by atoms with Gasteiger partial charge in [0.15, 0.2) is 6.17 Å². The van der Waals surface area contributed by atoms with Crippen LogP contribution in [0.4, 0.5) is 5.69 Å². The molecular weight excluding hydrogens is 226 g/mol. The Balaban J connectivity index is 2.08. The molecule has 1 heterocycles. The van der Waals surface area contributed by atoms with Gasteiger partial charge in [-0.25, -0.2) is 0 Å². The van der Waals surface area contributed by atoms with Crippen LogP contribution in [0.25, 0.3) is 0 Å². The number of hydrogen-bond donors (Lipinski definition) is 2. The number of rotatable bonds is 1. The van der Waals surface area contributed by atoms with Crippen LogP contribution >= 0.6 is 0 Å². The van der Waals surface area contributed by atoms with E-state index < -0.39 is 6.17 Å². The normalized spacial score (nSPS) is 24.2. The number of nitrogens with one attached hydrogen (secondary N) is 1. The van der Waals surface area contributed by atoms with Gasteiger partial charge in [-0.3, -0.25) is 9.79 Å². The summed E-state index contributed by atoms with van der Waals surface area (Å²) in [5.74, 6) is 0.223. The zero-order valence-corrected chi connectivity index (χ0v) is 10.2. The maximum Gasteiger partial charge on any atom is 0.263 e. The summed E-state index contributed by atoms with van der Waals surface area (Å²) in [6.45, 7) is 0. The van der Waals surface area contributed by atoms with Crippen molar-refractivity contribution in [2.75, 3.05) is 5.32 Å². The minimum Gasteiger partial charge on any atom is -0.322 e. The number of hydrogen-bond acceptors (Lipinski definition) is 3. The van der Waals surface area contributed by atoms with E-state index in [4.69, 9.17) is 5.73 Å². The van der Waals surface area contributed by atoms with Gasteiger partial charge in [-0.05, 0) is 18.9 Å². The van der Waals surface area contributed by atoms with Gasteiger partial charge in [0, 0.05) is 22.9 Å². The highest BCUT2D eigenvalue weighted by Crippen LogP contribution is 2.32. The molecule has 0 aromatic heterocycles. The Kier molecular flexibility index (Phi) is 2.88. The van der Waals surface area contributed by atoms with Gasteiger partial charge in [-0.2, -0.15) is 0 Å². The third-order valence-corrected chi connectivity index (χ3v) is 3.75. The number of nitrogens with two attached hydrogens (primary N) is 1. The second-order valence-corrected chi connectivity index (χ2v) is 4.98. The molecule has 0 saturated heterocycles. The highest BCUT2D eigenvalue weighted by atomic mass is 16.2. The quantitative estimate of drug-likeness (QED) is 0.791. The Bertz CT molecular complexity index is 504. The minimum absolute atomic E-state index is 0.226. The summed E-state index contributed by atoms with van der Waals surface area (Å²) in [6.07, 6.45) is 3.99. The summed E-state index contributed by atoms with van der Waals surface area (Å²) in [6, 6.07) is 7.83. The lowest BCUT2D eigenvalue weighted by Crippen LogP contribution is -2.33. The van der Waals surface area contributed by atoms with E-state index in [-0.39, 0.29) is 5.91 Å². The number of nitrogens with zero attached hydrogens (tertiary/aromatic N) is 1. The molecular formula is C14H17N3O. The maximum atomic E-state index is 11.8. The van der Waals surface area contributed by atoms with Crippen LogP contribution < -0.4 is 11.1 Å². The van der Waals surface area contributed by atoms with Crippen molar-refractivity contribution in [2.24, 2.45) is 16.6 Å². The van der Waals surface area contributed by atoms with Crippen LogP contribution in [0.3, 0.4) is 0 Å². The number of benzodiazepines with no additional fused rings is 1. The van der Waals surface area contributed by atoms with E-state index in [0.717, 1.165) is 29.8 Å². The lowest BCUT2D eigenvalue weighted by Gasteiger charge is -2.14. The molecule has 0 bridgehead atoms. The molecule has 4 heteroatoms. The first-order valence-electron chi connectivity index (χ1n) is 6.49. The van der Waals surface area contributed by atoms with Crippen molar-refractivity contribution in [1.29, 1.82) is 0 Å². The van der Waals surface area contributed by atoms with Gasteiger partial charge < -0.3 is 11.1 Å². The topological polar surface area (TPSA) is 67.5 Å². The highest BCUT2D eigenvalue weighted by molar-refractivity contribution is 6.12. The summed E-state index contributed by atoms with van der Waals surface area (Å²) in [5, 5.41) is 2.85. The number of amides is 1. The monoisotopic (exact) mass is 243 g/mol. The van der Waals surface area contributed by atoms with Gasteiger partial charge in [0.1, 0.15) is 0 Å². The van der Waals surface area contributed by atoms with Crippen molar-refractivity contribution in [2.45, 2.75) is 31.8 Å². The van der Waals surface area contributed by atoms with Crippen LogP contribution in [0.1, 0.15) is 31.2 Å². The summed E-state index contributed by atoms with van der Waals surface area (Å²) in [4.78, 5) is 16.3. The number of carbonyl (C=O) groups excluding carboxylic acids is 1. The molecule has 1 aromatic carbocycles. The molecule has 1 fully saturated rings. The third-order valence-electron chi connectivity index (χ3n) is 3.75. The number of anilines is 1. The predicted octanol–water partition coefficient (Wildman–Crippen LogP) is 1.90. The molecule has 2 aliphatic rings. The second kappa shape index (κ2) is 4.53. The number of carbonyl (C=O) groups is 1. The van der Waals surface area contributed by atoms with Crippen LogP contribution in [-0.4, -0.2) is 17.8 Å². The molecule has 1 atom stereocenters. The van der Waals surface area contributed by atoms with Crippen LogP contribution in [0.2, 0.25) is 0 Å². The van der Waals surface area contributed by atoms with E-state index in [9.17, 15) is 4.79 Å².